The lowest BCUT2D eigenvalue weighted by atomic mass is 9.93. The summed E-state index contributed by atoms with van der Waals surface area (Å²) in [6.45, 7) is 6.98. The fraction of sp³-hybridized carbons (Fsp3) is 0.455. The van der Waals surface area contributed by atoms with Gasteiger partial charge >= 0.3 is 0 Å². The van der Waals surface area contributed by atoms with Crippen LogP contribution in [0.25, 0.3) is 0 Å². The summed E-state index contributed by atoms with van der Waals surface area (Å²) in [6.07, 6.45) is 4.73. The van der Waals surface area contributed by atoms with Crippen molar-refractivity contribution in [2.75, 3.05) is 25.0 Å². The minimum Gasteiger partial charge on any atom is -0.494 e. The molecule has 3 N–H and O–H groups in total. The van der Waals surface area contributed by atoms with Crippen LogP contribution in [0.15, 0.2) is 30.5 Å². The predicted octanol–water partition coefficient (Wildman–Crippen LogP) is 3.80. The van der Waals surface area contributed by atoms with Crippen molar-refractivity contribution < 1.29 is 14.3 Å². The third kappa shape index (κ3) is 5.23. The smallest absolute Gasteiger partial charge is 0.257 e. The molecule has 0 radical (unpaired) electrons. The first-order valence-electron chi connectivity index (χ1n) is 10.0. The number of aromatic nitrogens is 1. The van der Waals surface area contributed by atoms with E-state index in [9.17, 15) is 9.59 Å². The number of Topliss-reactive ketones (excluding diaryl/α,β-unsaturated/α-hetero) is 1. The zero-order valence-electron chi connectivity index (χ0n) is 16.6. The minimum absolute atomic E-state index is 0.0410. The first kappa shape index (κ1) is 20.1. The van der Waals surface area contributed by atoms with Crippen molar-refractivity contribution in [2.24, 2.45) is 5.92 Å². The summed E-state index contributed by atoms with van der Waals surface area (Å²) in [5.74, 6) is 1.20. The number of benzene rings is 1. The number of aryl methyl sites for hydroxylation is 1. The zero-order valence-corrected chi connectivity index (χ0v) is 16.6. The van der Waals surface area contributed by atoms with Gasteiger partial charge < -0.3 is 20.4 Å². The molecule has 0 aliphatic heterocycles. The maximum absolute atomic E-state index is 12.6. The van der Waals surface area contributed by atoms with Crippen LogP contribution in [0.4, 0.5) is 5.69 Å². The lowest BCUT2D eigenvalue weighted by Gasteiger charge is -2.12. The van der Waals surface area contributed by atoms with E-state index >= 15 is 0 Å². The number of rotatable bonds is 9. The molecule has 3 rings (SSSR count). The van der Waals surface area contributed by atoms with Crippen molar-refractivity contribution in [3.63, 3.8) is 0 Å². The zero-order chi connectivity index (χ0) is 19.9. The first-order valence-corrected chi connectivity index (χ1v) is 10.0. The van der Waals surface area contributed by atoms with Gasteiger partial charge in [-0.05, 0) is 62.5 Å². The molecule has 1 heterocycles. The molecule has 1 aliphatic rings. The Balaban J connectivity index is 1.49. The van der Waals surface area contributed by atoms with Gasteiger partial charge in [-0.3, -0.25) is 9.59 Å². The van der Waals surface area contributed by atoms with Crippen molar-refractivity contribution >= 4 is 17.4 Å². The lowest BCUT2D eigenvalue weighted by molar-refractivity contribution is 0.0956. The van der Waals surface area contributed by atoms with Crippen LogP contribution in [-0.2, 0) is 6.42 Å². The fourth-order valence-corrected chi connectivity index (χ4v) is 3.32. The molecule has 0 unspecified atom stereocenters. The predicted molar refractivity (Wildman–Crippen MR) is 110 cm³/mol. The molecule has 1 amide bonds. The molecule has 1 aromatic heterocycles. The molecular formula is C22H29N3O3. The van der Waals surface area contributed by atoms with Gasteiger partial charge in [0.05, 0.1) is 17.7 Å². The van der Waals surface area contributed by atoms with Crippen LogP contribution in [0.1, 0.15) is 59.5 Å². The van der Waals surface area contributed by atoms with Gasteiger partial charge in [0.1, 0.15) is 5.75 Å². The van der Waals surface area contributed by atoms with Crippen LogP contribution < -0.4 is 15.4 Å². The number of ketones is 1. The number of ether oxygens (including phenoxy) is 1. The number of aromatic amines is 1. The Labute approximate surface area is 166 Å². The first-order chi connectivity index (χ1) is 13.5. The molecule has 0 atom stereocenters. The topological polar surface area (TPSA) is 83.2 Å². The highest BCUT2D eigenvalue weighted by Crippen LogP contribution is 2.25. The van der Waals surface area contributed by atoms with Crippen LogP contribution in [0.3, 0.4) is 0 Å². The average molecular weight is 383 g/mol. The summed E-state index contributed by atoms with van der Waals surface area (Å²) in [4.78, 5) is 27.8. The van der Waals surface area contributed by atoms with Crippen molar-refractivity contribution in [3.05, 3.63) is 47.3 Å². The maximum Gasteiger partial charge on any atom is 0.257 e. The van der Waals surface area contributed by atoms with E-state index < -0.39 is 0 Å². The Morgan fingerprint density at radius 1 is 1.21 bits per heavy atom. The fourth-order valence-electron chi connectivity index (χ4n) is 3.32. The van der Waals surface area contributed by atoms with E-state index in [1.54, 1.807) is 6.20 Å². The van der Waals surface area contributed by atoms with Gasteiger partial charge in [-0.1, -0.05) is 13.8 Å². The Kier molecular flexibility index (Phi) is 6.87. The van der Waals surface area contributed by atoms with E-state index in [0.717, 1.165) is 43.8 Å². The maximum atomic E-state index is 12.6. The summed E-state index contributed by atoms with van der Waals surface area (Å²) < 4.78 is 5.73. The van der Waals surface area contributed by atoms with Crippen molar-refractivity contribution in [1.29, 1.82) is 0 Å². The standard InChI is InChI=1S/C22H29N3O3/c1-15(2)13-23-11-4-12-28-17-9-7-16(8-10-17)25-22(27)18-14-24-19-5-3-6-20(26)21(18)19/h7-10,14-15,23-24H,3-6,11-13H2,1-2H3,(H,25,27). The second-order valence-corrected chi connectivity index (χ2v) is 7.61. The molecule has 150 valence electrons. The molecular weight excluding hydrogens is 354 g/mol. The molecule has 1 aromatic carbocycles. The van der Waals surface area contributed by atoms with Crippen molar-refractivity contribution in [1.82, 2.24) is 10.3 Å². The second-order valence-electron chi connectivity index (χ2n) is 7.61. The van der Waals surface area contributed by atoms with E-state index in [1.165, 1.54) is 0 Å². The number of nitrogens with one attached hydrogen (secondary N) is 3. The van der Waals surface area contributed by atoms with E-state index in [4.69, 9.17) is 4.74 Å². The molecule has 0 saturated heterocycles. The minimum atomic E-state index is -0.266. The van der Waals surface area contributed by atoms with Gasteiger partial charge in [0.25, 0.3) is 5.91 Å². The van der Waals surface area contributed by atoms with E-state index in [2.05, 4.69) is 29.5 Å². The van der Waals surface area contributed by atoms with Crippen LogP contribution in [0, 0.1) is 5.92 Å². The van der Waals surface area contributed by atoms with Gasteiger partial charge in [-0.25, -0.2) is 0 Å². The molecule has 28 heavy (non-hydrogen) atoms. The summed E-state index contributed by atoms with van der Waals surface area (Å²) >= 11 is 0. The second kappa shape index (κ2) is 9.55. The number of hydrogen-bond acceptors (Lipinski definition) is 4. The number of fused-ring (bicyclic) bond motifs is 1. The number of amides is 1. The largest absolute Gasteiger partial charge is 0.494 e. The third-order valence-corrected chi connectivity index (χ3v) is 4.75. The number of carbonyl (C=O) groups excluding carboxylic acids is 2. The van der Waals surface area contributed by atoms with E-state index in [1.807, 2.05) is 24.3 Å². The number of carbonyl (C=O) groups is 2. The lowest BCUT2D eigenvalue weighted by Crippen LogP contribution is -2.22. The van der Waals surface area contributed by atoms with E-state index in [-0.39, 0.29) is 11.7 Å². The molecule has 0 saturated carbocycles. The van der Waals surface area contributed by atoms with Gasteiger partial charge in [-0.15, -0.1) is 0 Å². The summed E-state index contributed by atoms with van der Waals surface area (Å²) in [5, 5.41) is 6.25. The van der Waals surface area contributed by atoms with Crippen LogP contribution >= 0.6 is 0 Å². The molecule has 1 aliphatic carbocycles. The normalized spacial score (nSPS) is 13.5. The Bertz CT molecular complexity index is 809. The molecule has 0 fully saturated rings. The molecule has 6 heteroatoms. The van der Waals surface area contributed by atoms with Crippen LogP contribution in [-0.4, -0.2) is 36.4 Å². The molecule has 6 nitrogen and oxygen atoms in total. The highest BCUT2D eigenvalue weighted by atomic mass is 16.5. The van der Waals surface area contributed by atoms with Gasteiger partial charge in [-0.2, -0.15) is 0 Å². The number of hydrogen-bond donors (Lipinski definition) is 3. The Hall–Kier alpha value is -2.60. The summed E-state index contributed by atoms with van der Waals surface area (Å²) in [6, 6.07) is 7.31. The average Bonchev–Trinajstić information content (AvgIpc) is 3.11. The van der Waals surface area contributed by atoms with Gasteiger partial charge in [0.2, 0.25) is 0 Å². The number of anilines is 1. The summed E-state index contributed by atoms with van der Waals surface area (Å²) in [7, 11) is 0. The van der Waals surface area contributed by atoms with Gasteiger partial charge in [0, 0.05) is 24.0 Å². The van der Waals surface area contributed by atoms with Crippen LogP contribution in [0.2, 0.25) is 0 Å². The van der Waals surface area contributed by atoms with Gasteiger partial charge in [0.15, 0.2) is 5.78 Å². The van der Waals surface area contributed by atoms with E-state index in [0.29, 0.717) is 35.8 Å². The molecule has 0 spiro atoms. The summed E-state index contributed by atoms with van der Waals surface area (Å²) in [5.41, 5.74) is 2.52. The monoisotopic (exact) mass is 383 g/mol. The highest BCUT2D eigenvalue weighted by molar-refractivity contribution is 6.13. The van der Waals surface area contributed by atoms with Crippen LogP contribution in [0.5, 0.6) is 5.75 Å². The molecule has 0 bridgehead atoms. The SMILES string of the molecule is CC(C)CNCCCOc1ccc(NC(=O)c2c[nH]c3c2C(=O)CCC3)cc1. The molecule has 2 aromatic rings. The Morgan fingerprint density at radius 2 is 2.00 bits per heavy atom. The third-order valence-electron chi connectivity index (χ3n) is 4.75. The number of H-pyrrole nitrogens is 1. The Morgan fingerprint density at radius 3 is 2.75 bits per heavy atom. The van der Waals surface area contributed by atoms with Crippen molar-refractivity contribution in [3.8, 4) is 5.75 Å². The van der Waals surface area contributed by atoms with Crippen molar-refractivity contribution in [2.45, 2.75) is 39.5 Å². The highest BCUT2D eigenvalue weighted by Gasteiger charge is 2.25. The quantitative estimate of drug-likeness (QED) is 0.575.